The standard InChI is InChI=1S/C27H25N3O3/c1-15-9-17-13-23(29-22(17)10-16(15)2)19-11-18-12-20(3-5-24(18)32-14-19)33-25-7-8-28-27-21(25)4-6-26(31)30-27/h3,5,7-10,12,19H,4,6,11,13-14H2,1-2H3,(H,28,30,31). The van der Waals surface area contributed by atoms with Crippen LogP contribution in [-0.4, -0.2) is 23.2 Å². The first-order valence-electron chi connectivity index (χ1n) is 11.4. The molecule has 0 aliphatic carbocycles. The third-order valence-electron chi connectivity index (χ3n) is 6.84. The number of rotatable bonds is 3. The molecule has 4 heterocycles. The quantitative estimate of drug-likeness (QED) is 0.605. The van der Waals surface area contributed by atoms with Crippen molar-refractivity contribution in [2.45, 2.75) is 39.5 Å². The smallest absolute Gasteiger partial charge is 0.225 e. The summed E-state index contributed by atoms with van der Waals surface area (Å²) in [5.74, 6) is 3.23. The Morgan fingerprint density at radius 1 is 1.06 bits per heavy atom. The summed E-state index contributed by atoms with van der Waals surface area (Å²) in [6.07, 6.45) is 4.50. The number of hydrogen-bond donors (Lipinski definition) is 1. The second kappa shape index (κ2) is 7.73. The summed E-state index contributed by atoms with van der Waals surface area (Å²) < 4.78 is 12.3. The number of nitrogens with one attached hydrogen (secondary N) is 1. The van der Waals surface area contributed by atoms with Crippen molar-refractivity contribution in [3.63, 3.8) is 0 Å². The predicted octanol–water partition coefficient (Wildman–Crippen LogP) is 5.26. The van der Waals surface area contributed by atoms with Gasteiger partial charge in [0.2, 0.25) is 5.91 Å². The van der Waals surface area contributed by atoms with Crippen molar-refractivity contribution in [1.29, 1.82) is 0 Å². The lowest BCUT2D eigenvalue weighted by molar-refractivity contribution is -0.116. The molecule has 1 N–H and O–H groups in total. The third-order valence-corrected chi connectivity index (χ3v) is 6.84. The Morgan fingerprint density at radius 3 is 2.85 bits per heavy atom. The van der Waals surface area contributed by atoms with Crippen molar-refractivity contribution in [3.8, 4) is 17.2 Å². The monoisotopic (exact) mass is 439 g/mol. The number of anilines is 1. The molecule has 33 heavy (non-hydrogen) atoms. The van der Waals surface area contributed by atoms with Gasteiger partial charge in [-0.2, -0.15) is 0 Å². The van der Waals surface area contributed by atoms with Crippen LogP contribution in [0.3, 0.4) is 0 Å². The van der Waals surface area contributed by atoms with Crippen molar-refractivity contribution in [2.75, 3.05) is 11.9 Å². The number of benzene rings is 2. The molecule has 0 bridgehead atoms. The summed E-state index contributed by atoms with van der Waals surface area (Å²) in [5.41, 5.74) is 8.28. The van der Waals surface area contributed by atoms with Gasteiger partial charge in [-0.05, 0) is 79.3 Å². The number of pyridine rings is 1. The van der Waals surface area contributed by atoms with Crippen LogP contribution in [0.1, 0.15) is 34.2 Å². The van der Waals surface area contributed by atoms with Crippen molar-refractivity contribution < 1.29 is 14.3 Å². The number of aryl methyl sites for hydroxylation is 2. The number of carbonyl (C=O) groups excluding carboxylic acids is 1. The van der Waals surface area contributed by atoms with Gasteiger partial charge in [-0.1, -0.05) is 6.07 Å². The highest BCUT2D eigenvalue weighted by atomic mass is 16.5. The van der Waals surface area contributed by atoms with Gasteiger partial charge in [0.15, 0.2) is 0 Å². The molecule has 3 aromatic rings. The largest absolute Gasteiger partial charge is 0.493 e. The highest BCUT2D eigenvalue weighted by Crippen LogP contribution is 2.38. The van der Waals surface area contributed by atoms with Gasteiger partial charge in [-0.3, -0.25) is 9.79 Å². The van der Waals surface area contributed by atoms with Gasteiger partial charge in [-0.25, -0.2) is 4.98 Å². The highest BCUT2D eigenvalue weighted by Gasteiger charge is 2.28. The lowest BCUT2D eigenvalue weighted by Crippen LogP contribution is -2.28. The molecule has 0 saturated carbocycles. The molecule has 1 atom stereocenters. The fourth-order valence-corrected chi connectivity index (χ4v) is 4.86. The van der Waals surface area contributed by atoms with Crippen LogP contribution < -0.4 is 14.8 Å². The van der Waals surface area contributed by atoms with E-state index < -0.39 is 0 Å². The molecule has 0 radical (unpaired) electrons. The number of fused-ring (bicyclic) bond motifs is 3. The number of carbonyl (C=O) groups is 1. The lowest BCUT2D eigenvalue weighted by atomic mass is 9.90. The van der Waals surface area contributed by atoms with E-state index in [-0.39, 0.29) is 11.8 Å². The Kier molecular flexibility index (Phi) is 4.68. The number of ether oxygens (including phenoxy) is 2. The van der Waals surface area contributed by atoms with E-state index in [0.29, 0.717) is 25.3 Å². The average molecular weight is 440 g/mol. The van der Waals surface area contributed by atoms with Crippen LogP contribution >= 0.6 is 0 Å². The SMILES string of the molecule is Cc1cc2c(cc1C)N=C(C1COc3ccc(Oc4ccnc5c4CCC(=O)N5)cc3C1)C2. The highest BCUT2D eigenvalue weighted by molar-refractivity contribution is 5.96. The minimum Gasteiger partial charge on any atom is -0.493 e. The molecule has 3 aliphatic heterocycles. The van der Waals surface area contributed by atoms with Crippen molar-refractivity contribution in [2.24, 2.45) is 10.9 Å². The fourth-order valence-electron chi connectivity index (χ4n) is 4.86. The average Bonchev–Trinajstić information content (AvgIpc) is 3.21. The first-order valence-corrected chi connectivity index (χ1v) is 11.4. The van der Waals surface area contributed by atoms with Crippen LogP contribution in [0.5, 0.6) is 17.2 Å². The number of aliphatic imine (C=N–C) groups is 1. The Morgan fingerprint density at radius 2 is 1.94 bits per heavy atom. The Balaban J connectivity index is 1.23. The zero-order valence-corrected chi connectivity index (χ0v) is 18.8. The van der Waals surface area contributed by atoms with Gasteiger partial charge in [0.05, 0.1) is 12.3 Å². The molecule has 6 rings (SSSR count). The van der Waals surface area contributed by atoms with Crippen LogP contribution in [0.15, 0.2) is 47.6 Å². The Bertz CT molecular complexity index is 1330. The third kappa shape index (κ3) is 3.65. The molecule has 6 heteroatoms. The molecule has 0 fully saturated rings. The van der Waals surface area contributed by atoms with Crippen LogP contribution in [-0.2, 0) is 24.1 Å². The molecule has 0 saturated heterocycles. The summed E-state index contributed by atoms with van der Waals surface area (Å²) in [5, 5.41) is 2.82. The maximum Gasteiger partial charge on any atom is 0.225 e. The molecule has 0 spiro atoms. The minimum atomic E-state index is -0.00794. The first kappa shape index (κ1) is 20.0. The number of hydrogen-bond acceptors (Lipinski definition) is 5. The molecule has 3 aliphatic rings. The summed E-state index contributed by atoms with van der Waals surface area (Å²) in [6.45, 7) is 4.94. The van der Waals surface area contributed by atoms with E-state index >= 15 is 0 Å². The van der Waals surface area contributed by atoms with Gasteiger partial charge in [0.1, 0.15) is 23.1 Å². The molecule has 166 valence electrons. The van der Waals surface area contributed by atoms with E-state index in [9.17, 15) is 4.79 Å². The van der Waals surface area contributed by atoms with E-state index in [0.717, 1.165) is 46.9 Å². The summed E-state index contributed by atoms with van der Waals surface area (Å²) in [4.78, 5) is 20.9. The van der Waals surface area contributed by atoms with Crippen LogP contribution in [0, 0.1) is 19.8 Å². The van der Waals surface area contributed by atoms with Crippen molar-refractivity contribution in [1.82, 2.24) is 4.98 Å². The molecule has 1 amide bonds. The molecule has 1 aromatic heterocycles. The minimum absolute atomic E-state index is 0.00794. The maximum atomic E-state index is 11.7. The van der Waals surface area contributed by atoms with Gasteiger partial charge in [0, 0.05) is 36.2 Å². The summed E-state index contributed by atoms with van der Waals surface area (Å²) in [6, 6.07) is 12.3. The van der Waals surface area contributed by atoms with E-state index in [2.05, 4.69) is 42.3 Å². The van der Waals surface area contributed by atoms with Gasteiger partial charge in [-0.15, -0.1) is 0 Å². The Hall–Kier alpha value is -3.67. The Labute approximate surface area is 192 Å². The molecular weight excluding hydrogens is 414 g/mol. The van der Waals surface area contributed by atoms with Crippen molar-refractivity contribution in [3.05, 3.63) is 70.4 Å². The van der Waals surface area contributed by atoms with Crippen LogP contribution in [0.4, 0.5) is 11.5 Å². The van der Waals surface area contributed by atoms with Crippen LogP contribution in [0.2, 0.25) is 0 Å². The summed E-state index contributed by atoms with van der Waals surface area (Å²) in [7, 11) is 0. The zero-order chi connectivity index (χ0) is 22.5. The van der Waals surface area contributed by atoms with Gasteiger partial charge < -0.3 is 14.8 Å². The summed E-state index contributed by atoms with van der Waals surface area (Å²) >= 11 is 0. The second-order valence-electron chi connectivity index (χ2n) is 9.11. The first-order chi connectivity index (χ1) is 16.0. The predicted molar refractivity (Wildman–Crippen MR) is 127 cm³/mol. The number of nitrogens with zero attached hydrogens (tertiary/aromatic N) is 2. The molecule has 2 aromatic carbocycles. The zero-order valence-electron chi connectivity index (χ0n) is 18.8. The topological polar surface area (TPSA) is 72.8 Å². The van der Waals surface area contributed by atoms with E-state index in [1.54, 1.807) is 6.20 Å². The van der Waals surface area contributed by atoms with Gasteiger partial charge >= 0.3 is 0 Å². The lowest BCUT2D eigenvalue weighted by Gasteiger charge is -2.26. The van der Waals surface area contributed by atoms with E-state index in [1.807, 2.05) is 18.2 Å². The van der Waals surface area contributed by atoms with E-state index in [4.69, 9.17) is 14.5 Å². The van der Waals surface area contributed by atoms with Crippen molar-refractivity contribution >= 4 is 23.1 Å². The number of aromatic nitrogens is 1. The molecule has 6 nitrogen and oxygen atoms in total. The van der Waals surface area contributed by atoms with Gasteiger partial charge in [0.25, 0.3) is 0 Å². The van der Waals surface area contributed by atoms with Crippen LogP contribution in [0.25, 0.3) is 0 Å². The fraction of sp³-hybridized carbons (Fsp3) is 0.296. The normalized spacial score (nSPS) is 18.4. The number of amides is 1. The molecular formula is C27H25N3O3. The maximum absolute atomic E-state index is 11.7. The molecule has 1 unspecified atom stereocenters. The van der Waals surface area contributed by atoms with E-state index in [1.165, 1.54) is 22.4 Å². The second-order valence-corrected chi connectivity index (χ2v) is 9.11.